The van der Waals surface area contributed by atoms with Crippen molar-refractivity contribution < 1.29 is 14.3 Å². The summed E-state index contributed by atoms with van der Waals surface area (Å²) >= 11 is 0. The average molecular weight is 214 g/mol. The van der Waals surface area contributed by atoms with Crippen LogP contribution in [-0.2, 0) is 14.3 Å². The maximum atomic E-state index is 11.6. The molecule has 0 spiro atoms. The topological polar surface area (TPSA) is 43.4 Å². The molecule has 0 fully saturated rings. The molecule has 0 radical (unpaired) electrons. The highest BCUT2D eigenvalue weighted by Gasteiger charge is 2.21. The van der Waals surface area contributed by atoms with Crippen LogP contribution in [0.2, 0.25) is 0 Å². The van der Waals surface area contributed by atoms with Crippen LogP contribution in [0.5, 0.6) is 0 Å². The summed E-state index contributed by atoms with van der Waals surface area (Å²) in [5.41, 5.74) is 0. The Bertz CT molecular complexity index is 211. The van der Waals surface area contributed by atoms with Crippen LogP contribution in [-0.4, -0.2) is 17.9 Å². The van der Waals surface area contributed by atoms with E-state index in [1.807, 2.05) is 6.92 Å². The van der Waals surface area contributed by atoms with Crippen LogP contribution in [0.3, 0.4) is 0 Å². The lowest BCUT2D eigenvalue weighted by atomic mass is 9.96. The zero-order valence-corrected chi connectivity index (χ0v) is 10.2. The summed E-state index contributed by atoms with van der Waals surface area (Å²) in [4.78, 5) is 22.4. The standard InChI is InChI=1S/C12H22O3/c1-5-6-7-8-12(14)9(2)10(3)15-11(4)13/h9-10H,5-8H2,1-4H3/t9-,10-/m1/s1. The van der Waals surface area contributed by atoms with E-state index in [-0.39, 0.29) is 23.8 Å². The zero-order valence-electron chi connectivity index (χ0n) is 10.2. The van der Waals surface area contributed by atoms with Gasteiger partial charge in [0.15, 0.2) is 0 Å². The minimum Gasteiger partial charge on any atom is -0.462 e. The van der Waals surface area contributed by atoms with E-state index in [1.165, 1.54) is 6.92 Å². The molecule has 3 nitrogen and oxygen atoms in total. The number of hydrogen-bond acceptors (Lipinski definition) is 3. The molecule has 0 N–H and O–H groups in total. The van der Waals surface area contributed by atoms with Gasteiger partial charge in [0.1, 0.15) is 11.9 Å². The normalized spacial score (nSPS) is 14.4. The van der Waals surface area contributed by atoms with E-state index >= 15 is 0 Å². The Labute approximate surface area is 92.2 Å². The number of ketones is 1. The maximum Gasteiger partial charge on any atom is 0.302 e. The minimum absolute atomic E-state index is 0.189. The summed E-state index contributed by atoms with van der Waals surface area (Å²) < 4.78 is 4.98. The summed E-state index contributed by atoms with van der Waals surface area (Å²) in [5, 5.41) is 0. The Morgan fingerprint density at radius 2 is 1.80 bits per heavy atom. The second kappa shape index (κ2) is 7.43. The first kappa shape index (κ1) is 14.1. The van der Waals surface area contributed by atoms with Gasteiger partial charge in [-0.3, -0.25) is 9.59 Å². The van der Waals surface area contributed by atoms with Gasteiger partial charge in [-0.25, -0.2) is 0 Å². The van der Waals surface area contributed by atoms with Crippen LogP contribution in [0.15, 0.2) is 0 Å². The summed E-state index contributed by atoms with van der Waals surface area (Å²) in [6.07, 6.45) is 3.42. The quantitative estimate of drug-likeness (QED) is 0.483. The summed E-state index contributed by atoms with van der Waals surface area (Å²) in [6, 6.07) is 0. The lowest BCUT2D eigenvalue weighted by molar-refractivity contribution is -0.149. The third-order valence-electron chi connectivity index (χ3n) is 2.59. The van der Waals surface area contributed by atoms with Crippen LogP contribution in [0.4, 0.5) is 0 Å². The van der Waals surface area contributed by atoms with Crippen molar-refractivity contribution in [1.82, 2.24) is 0 Å². The van der Waals surface area contributed by atoms with E-state index in [1.54, 1.807) is 6.92 Å². The number of carbonyl (C=O) groups is 2. The molecule has 0 aromatic carbocycles. The number of hydrogen-bond donors (Lipinski definition) is 0. The van der Waals surface area contributed by atoms with Gasteiger partial charge in [-0.05, 0) is 13.3 Å². The van der Waals surface area contributed by atoms with Gasteiger partial charge in [0.2, 0.25) is 0 Å². The molecule has 88 valence electrons. The minimum atomic E-state index is -0.323. The maximum absolute atomic E-state index is 11.6. The Morgan fingerprint density at radius 1 is 1.20 bits per heavy atom. The fourth-order valence-corrected chi connectivity index (χ4v) is 1.40. The van der Waals surface area contributed by atoms with E-state index < -0.39 is 0 Å². The highest BCUT2D eigenvalue weighted by molar-refractivity contribution is 5.81. The first-order chi connectivity index (χ1) is 6.99. The van der Waals surface area contributed by atoms with Crippen molar-refractivity contribution in [1.29, 1.82) is 0 Å². The van der Waals surface area contributed by atoms with Gasteiger partial charge in [-0.15, -0.1) is 0 Å². The average Bonchev–Trinajstić information content (AvgIpc) is 2.15. The molecule has 0 unspecified atom stereocenters. The van der Waals surface area contributed by atoms with Gasteiger partial charge in [0, 0.05) is 13.3 Å². The van der Waals surface area contributed by atoms with E-state index in [9.17, 15) is 9.59 Å². The number of esters is 1. The van der Waals surface area contributed by atoms with E-state index in [0.717, 1.165) is 19.3 Å². The molecule has 15 heavy (non-hydrogen) atoms. The molecule has 0 aromatic heterocycles. The fraction of sp³-hybridized carbons (Fsp3) is 0.833. The summed E-state index contributed by atoms with van der Waals surface area (Å²) in [6.45, 7) is 7.06. The van der Waals surface area contributed by atoms with Gasteiger partial charge in [0.05, 0.1) is 5.92 Å². The van der Waals surface area contributed by atoms with Crippen molar-refractivity contribution in [2.45, 2.75) is 59.5 Å². The molecule has 0 aliphatic carbocycles. The SMILES string of the molecule is CCCCCC(=O)[C@H](C)[C@@H](C)OC(C)=O. The molecule has 0 aliphatic heterocycles. The van der Waals surface area contributed by atoms with Gasteiger partial charge in [0.25, 0.3) is 0 Å². The smallest absolute Gasteiger partial charge is 0.302 e. The lowest BCUT2D eigenvalue weighted by Gasteiger charge is -2.18. The molecule has 0 aliphatic rings. The second-order valence-electron chi connectivity index (χ2n) is 4.03. The predicted octanol–water partition coefficient (Wildman–Crippen LogP) is 2.72. The van der Waals surface area contributed by atoms with Crippen LogP contribution >= 0.6 is 0 Å². The Balaban J connectivity index is 3.90. The van der Waals surface area contributed by atoms with Gasteiger partial charge >= 0.3 is 5.97 Å². The van der Waals surface area contributed by atoms with Crippen LogP contribution in [0.1, 0.15) is 53.4 Å². The van der Waals surface area contributed by atoms with Crippen LogP contribution < -0.4 is 0 Å². The molecule has 0 bridgehead atoms. The monoisotopic (exact) mass is 214 g/mol. The lowest BCUT2D eigenvalue weighted by Crippen LogP contribution is -2.27. The van der Waals surface area contributed by atoms with Gasteiger partial charge < -0.3 is 4.74 Å². The summed E-state index contributed by atoms with van der Waals surface area (Å²) in [7, 11) is 0. The molecule has 0 amide bonds. The third kappa shape index (κ3) is 6.26. The molecule has 0 saturated heterocycles. The highest BCUT2D eigenvalue weighted by atomic mass is 16.5. The van der Waals surface area contributed by atoms with Crippen molar-refractivity contribution in [3.8, 4) is 0 Å². The Morgan fingerprint density at radius 3 is 2.27 bits per heavy atom. The fourth-order valence-electron chi connectivity index (χ4n) is 1.40. The van der Waals surface area contributed by atoms with Crippen molar-refractivity contribution in [3.63, 3.8) is 0 Å². The number of unbranched alkanes of at least 4 members (excludes halogenated alkanes) is 2. The largest absolute Gasteiger partial charge is 0.462 e. The molecule has 0 heterocycles. The Kier molecular flexibility index (Phi) is 7.01. The van der Waals surface area contributed by atoms with Crippen molar-refractivity contribution in [2.75, 3.05) is 0 Å². The number of ether oxygens (including phenoxy) is 1. The highest BCUT2D eigenvalue weighted by Crippen LogP contribution is 2.13. The van der Waals surface area contributed by atoms with Crippen molar-refractivity contribution in [3.05, 3.63) is 0 Å². The number of Topliss-reactive ketones (excluding diaryl/α,β-unsaturated/α-hetero) is 1. The van der Waals surface area contributed by atoms with E-state index in [2.05, 4.69) is 6.92 Å². The predicted molar refractivity (Wildman–Crippen MR) is 59.5 cm³/mol. The van der Waals surface area contributed by atoms with Crippen LogP contribution in [0.25, 0.3) is 0 Å². The zero-order chi connectivity index (χ0) is 11.8. The molecular weight excluding hydrogens is 192 g/mol. The summed E-state index contributed by atoms with van der Waals surface area (Å²) in [5.74, 6) is -0.321. The molecule has 0 saturated carbocycles. The molecule has 0 rings (SSSR count). The Hall–Kier alpha value is -0.860. The van der Waals surface area contributed by atoms with E-state index in [4.69, 9.17) is 4.74 Å². The van der Waals surface area contributed by atoms with Gasteiger partial charge in [-0.2, -0.15) is 0 Å². The molecule has 2 atom stereocenters. The molecule has 0 aromatic rings. The van der Waals surface area contributed by atoms with E-state index in [0.29, 0.717) is 6.42 Å². The van der Waals surface area contributed by atoms with Crippen molar-refractivity contribution >= 4 is 11.8 Å². The number of carbonyl (C=O) groups excluding carboxylic acids is 2. The number of rotatable bonds is 7. The van der Waals surface area contributed by atoms with Crippen LogP contribution in [0, 0.1) is 5.92 Å². The molecular formula is C12H22O3. The second-order valence-corrected chi connectivity index (χ2v) is 4.03. The molecule has 3 heteroatoms. The first-order valence-corrected chi connectivity index (χ1v) is 5.69. The van der Waals surface area contributed by atoms with Crippen molar-refractivity contribution in [2.24, 2.45) is 5.92 Å². The first-order valence-electron chi connectivity index (χ1n) is 5.69. The van der Waals surface area contributed by atoms with Gasteiger partial charge in [-0.1, -0.05) is 26.7 Å². The third-order valence-corrected chi connectivity index (χ3v) is 2.59.